The summed E-state index contributed by atoms with van der Waals surface area (Å²) in [7, 11) is 3.28. The van der Waals surface area contributed by atoms with Crippen molar-refractivity contribution in [2.75, 3.05) is 45.4 Å². The van der Waals surface area contributed by atoms with Gasteiger partial charge in [-0.3, -0.25) is 0 Å². The molecule has 51 heavy (non-hydrogen) atoms. The van der Waals surface area contributed by atoms with Crippen LogP contribution in [0.2, 0.25) is 0 Å². The number of anilines is 1. The van der Waals surface area contributed by atoms with E-state index in [4.69, 9.17) is 18.9 Å². The van der Waals surface area contributed by atoms with Gasteiger partial charge in [-0.2, -0.15) is 0 Å². The van der Waals surface area contributed by atoms with Crippen molar-refractivity contribution in [2.24, 2.45) is 0 Å². The summed E-state index contributed by atoms with van der Waals surface area (Å²) in [6.07, 6.45) is 8.52. The van der Waals surface area contributed by atoms with E-state index in [2.05, 4.69) is 17.0 Å². The normalized spacial score (nSPS) is 20.1. The van der Waals surface area contributed by atoms with Crippen molar-refractivity contribution in [1.29, 1.82) is 0 Å². The number of hydrogen-bond acceptors (Lipinski definition) is 5. The molecule has 0 aromatic heterocycles. The molecule has 2 aliphatic heterocycles. The van der Waals surface area contributed by atoms with Gasteiger partial charge in [-0.15, -0.1) is 0 Å². The predicted octanol–water partition coefficient (Wildman–Crippen LogP) is 9.69. The third-order valence-electron chi connectivity index (χ3n) is 11.5. The first-order valence-electron chi connectivity index (χ1n) is 17.7. The van der Waals surface area contributed by atoms with Gasteiger partial charge in [0.05, 0.1) is 33.1 Å². The number of hydrogen-bond donors (Lipinski definition) is 0. The number of methoxy groups -OCH3 is 2. The average molecular weight is 690 g/mol. The molecule has 260 valence electrons. The zero-order chi connectivity index (χ0) is 34.9. The van der Waals surface area contributed by atoms with Crippen molar-refractivity contribution in [3.63, 3.8) is 0 Å². The Hall–Kier alpha value is -4.95. The molecule has 5 aromatic rings. The van der Waals surface area contributed by atoms with Crippen LogP contribution in [-0.4, -0.2) is 40.5 Å². The summed E-state index contributed by atoms with van der Waals surface area (Å²) < 4.78 is 70.7. The van der Waals surface area contributed by atoms with Crippen LogP contribution < -0.4 is 19.1 Å². The summed E-state index contributed by atoms with van der Waals surface area (Å²) in [4.78, 5) is 2.24. The minimum atomic E-state index is -1.15. The third-order valence-corrected chi connectivity index (χ3v) is 11.5. The van der Waals surface area contributed by atoms with E-state index >= 15 is 8.78 Å². The first-order chi connectivity index (χ1) is 24.9. The van der Waals surface area contributed by atoms with E-state index in [0.29, 0.717) is 54.7 Å². The van der Waals surface area contributed by atoms with Gasteiger partial charge in [-0.25, -0.2) is 13.2 Å². The maximum atomic E-state index is 16.4. The lowest BCUT2D eigenvalue weighted by atomic mass is 9.66. The molecule has 2 heterocycles. The van der Waals surface area contributed by atoms with Crippen LogP contribution in [0.25, 0.3) is 28.0 Å². The summed E-state index contributed by atoms with van der Waals surface area (Å²) in [6, 6.07) is 20.7. The Balaban J connectivity index is 1.39. The van der Waals surface area contributed by atoms with Crippen LogP contribution in [0.15, 0.2) is 78.9 Å². The van der Waals surface area contributed by atoms with Crippen LogP contribution in [0.4, 0.5) is 18.9 Å². The monoisotopic (exact) mass is 689 g/mol. The lowest BCUT2D eigenvalue weighted by molar-refractivity contribution is 0.122. The molecule has 1 saturated heterocycles. The van der Waals surface area contributed by atoms with Gasteiger partial charge < -0.3 is 23.8 Å². The fraction of sp³-hybridized carbons (Fsp3) is 0.302. The molecule has 0 radical (unpaired) electrons. The molecule has 2 aliphatic carbocycles. The van der Waals surface area contributed by atoms with E-state index in [1.807, 2.05) is 36.4 Å². The molecule has 1 unspecified atom stereocenters. The first-order valence-corrected chi connectivity index (χ1v) is 17.7. The van der Waals surface area contributed by atoms with Crippen LogP contribution in [0.3, 0.4) is 0 Å². The number of rotatable bonds is 5. The topological polar surface area (TPSA) is 40.2 Å². The van der Waals surface area contributed by atoms with E-state index in [0.717, 1.165) is 82.4 Å². The van der Waals surface area contributed by atoms with Crippen molar-refractivity contribution in [3.8, 4) is 28.4 Å². The number of benzene rings is 5. The SMILES string of the molecule is COc1ccc(C2(c3ccc(F)cc3)C=Cc3c4c(c5cc(N6CCOCC6)c(OC)cc5c3O2)-c2cc(F)cc(F)c2C42CCCCC2)cc1. The summed E-state index contributed by atoms with van der Waals surface area (Å²) in [6.45, 7) is 2.54. The zero-order valence-corrected chi connectivity index (χ0v) is 28.7. The van der Waals surface area contributed by atoms with E-state index in [9.17, 15) is 4.39 Å². The zero-order valence-electron chi connectivity index (χ0n) is 28.7. The number of morpholine rings is 1. The maximum absolute atomic E-state index is 16.4. The molecule has 0 N–H and O–H groups in total. The second-order valence-corrected chi connectivity index (χ2v) is 14.0. The van der Waals surface area contributed by atoms with Gasteiger partial charge in [-0.1, -0.05) is 49.6 Å². The van der Waals surface area contributed by atoms with E-state index < -0.39 is 22.7 Å². The number of nitrogens with zero attached hydrogens (tertiary/aromatic N) is 1. The van der Waals surface area contributed by atoms with Crippen LogP contribution in [0, 0.1) is 17.5 Å². The Morgan fingerprint density at radius 2 is 1.43 bits per heavy atom. The molecule has 5 nitrogen and oxygen atoms in total. The van der Waals surface area contributed by atoms with Gasteiger partial charge in [0, 0.05) is 52.2 Å². The van der Waals surface area contributed by atoms with Gasteiger partial charge in [-0.05, 0) is 83.5 Å². The minimum absolute atomic E-state index is 0.348. The Labute approximate surface area is 295 Å². The summed E-state index contributed by atoms with van der Waals surface area (Å²) in [5.41, 5.74) is 4.53. The summed E-state index contributed by atoms with van der Waals surface area (Å²) in [5, 5.41) is 1.61. The Morgan fingerprint density at radius 3 is 2.12 bits per heavy atom. The van der Waals surface area contributed by atoms with E-state index in [1.165, 1.54) is 18.2 Å². The summed E-state index contributed by atoms with van der Waals surface area (Å²) >= 11 is 0. The van der Waals surface area contributed by atoms with Crippen molar-refractivity contribution in [2.45, 2.75) is 43.1 Å². The smallest absolute Gasteiger partial charge is 0.178 e. The average Bonchev–Trinajstić information content (AvgIpc) is 3.44. The number of halogens is 3. The molecule has 1 spiro atoms. The van der Waals surface area contributed by atoms with Gasteiger partial charge in [0.1, 0.15) is 34.7 Å². The Bertz CT molecular complexity index is 2200. The molecular formula is C43H38F3NO4. The highest BCUT2D eigenvalue weighted by Gasteiger charge is 2.50. The first kappa shape index (κ1) is 32.0. The minimum Gasteiger partial charge on any atom is -0.497 e. The lowest BCUT2D eigenvalue weighted by Gasteiger charge is -2.41. The van der Waals surface area contributed by atoms with Crippen LogP contribution in [0.1, 0.15) is 59.9 Å². The molecule has 2 fully saturated rings. The van der Waals surface area contributed by atoms with Crippen molar-refractivity contribution in [3.05, 3.63) is 124 Å². The number of fused-ring (bicyclic) bond motifs is 10. The largest absolute Gasteiger partial charge is 0.497 e. The van der Waals surface area contributed by atoms with Crippen LogP contribution in [-0.2, 0) is 15.8 Å². The fourth-order valence-corrected chi connectivity index (χ4v) is 9.20. The van der Waals surface area contributed by atoms with Crippen molar-refractivity contribution < 1.29 is 32.1 Å². The second-order valence-electron chi connectivity index (χ2n) is 14.0. The van der Waals surface area contributed by atoms with Gasteiger partial charge in [0.2, 0.25) is 0 Å². The van der Waals surface area contributed by atoms with Crippen molar-refractivity contribution >= 4 is 22.5 Å². The predicted molar refractivity (Wildman–Crippen MR) is 193 cm³/mol. The highest BCUT2D eigenvalue weighted by molar-refractivity contribution is 6.10. The van der Waals surface area contributed by atoms with Gasteiger partial charge in [0.25, 0.3) is 0 Å². The lowest BCUT2D eigenvalue weighted by Crippen LogP contribution is -2.36. The molecule has 4 aliphatic rings. The molecular weight excluding hydrogens is 651 g/mol. The highest BCUT2D eigenvalue weighted by Crippen LogP contribution is 2.63. The van der Waals surface area contributed by atoms with Gasteiger partial charge >= 0.3 is 0 Å². The van der Waals surface area contributed by atoms with Crippen LogP contribution >= 0.6 is 0 Å². The molecule has 5 aromatic carbocycles. The number of ether oxygens (including phenoxy) is 4. The third kappa shape index (κ3) is 4.79. The Kier molecular flexibility index (Phi) is 7.58. The standard InChI is InChI=1S/C43H38F3NO4/c1-48-30-12-8-27(9-13-30)43(26-6-10-28(44)11-7-26)17-14-31-40-38(34-22-29(45)23-35(46)39(34)42(40)15-4-3-5-16-42)32-24-36(47-18-20-50-21-19-47)37(49-2)25-33(32)41(31)51-43/h6-14,17,22-25H,3-5,15-16,18-21H2,1-2H3. The molecule has 1 atom stereocenters. The van der Waals surface area contributed by atoms with E-state index in [-0.39, 0.29) is 5.82 Å². The Morgan fingerprint density at radius 1 is 0.725 bits per heavy atom. The second kappa shape index (κ2) is 12.1. The maximum Gasteiger partial charge on any atom is 0.178 e. The molecule has 8 heteroatoms. The summed E-state index contributed by atoms with van der Waals surface area (Å²) in [5.74, 6) is 0.530. The molecule has 1 saturated carbocycles. The van der Waals surface area contributed by atoms with Gasteiger partial charge in [0.15, 0.2) is 5.60 Å². The molecule has 0 bridgehead atoms. The molecule has 9 rings (SSSR count). The van der Waals surface area contributed by atoms with E-state index in [1.54, 1.807) is 26.4 Å². The molecule has 0 amide bonds. The van der Waals surface area contributed by atoms with Crippen molar-refractivity contribution in [1.82, 2.24) is 0 Å². The van der Waals surface area contributed by atoms with Crippen LogP contribution in [0.5, 0.6) is 17.2 Å². The quantitative estimate of drug-likeness (QED) is 0.184. The fourth-order valence-electron chi connectivity index (χ4n) is 9.20. The highest BCUT2D eigenvalue weighted by atomic mass is 19.1.